The Labute approximate surface area is 152 Å². The molecule has 0 saturated carbocycles. The van der Waals surface area contributed by atoms with Gasteiger partial charge < -0.3 is 14.4 Å². The van der Waals surface area contributed by atoms with Crippen molar-refractivity contribution in [3.63, 3.8) is 0 Å². The summed E-state index contributed by atoms with van der Waals surface area (Å²) in [5.41, 5.74) is 0.683. The van der Waals surface area contributed by atoms with Crippen LogP contribution in [0, 0.1) is 11.8 Å². The zero-order valence-electron chi connectivity index (χ0n) is 14.6. The van der Waals surface area contributed by atoms with Crippen molar-refractivity contribution in [2.45, 2.75) is 45.6 Å². The van der Waals surface area contributed by atoms with Gasteiger partial charge in [-0.15, -0.1) is 0 Å². The predicted octanol–water partition coefficient (Wildman–Crippen LogP) is 4.45. The molecule has 1 atom stereocenters. The number of rotatable bonds is 4. The van der Waals surface area contributed by atoms with E-state index in [4.69, 9.17) is 4.74 Å². The predicted molar refractivity (Wildman–Crippen MR) is 97.9 cm³/mol. The zero-order valence-corrected chi connectivity index (χ0v) is 16.2. The first-order valence-electron chi connectivity index (χ1n) is 8.47. The number of carbonyl (C=O) groups excluding carboxylic acids is 2. The second-order valence-electron chi connectivity index (χ2n) is 7.40. The first-order valence-corrected chi connectivity index (χ1v) is 9.26. The molecule has 132 valence electrons. The van der Waals surface area contributed by atoms with Crippen molar-refractivity contribution in [3.8, 4) is 0 Å². The average molecular weight is 396 g/mol. The molecule has 1 saturated heterocycles. The van der Waals surface area contributed by atoms with Gasteiger partial charge in [0, 0.05) is 23.5 Å². The summed E-state index contributed by atoms with van der Waals surface area (Å²) in [5, 5.41) is 0. The Morgan fingerprint density at radius 2 is 1.96 bits per heavy atom. The third-order valence-corrected chi connectivity index (χ3v) is 5.16. The summed E-state index contributed by atoms with van der Waals surface area (Å²) in [6.07, 6.45) is 3.24. The molecule has 0 bridgehead atoms. The minimum Gasteiger partial charge on any atom is -0.444 e. The maximum absolute atomic E-state index is 12.1. The Bertz CT molecular complexity index is 574. The van der Waals surface area contributed by atoms with E-state index < -0.39 is 5.60 Å². The van der Waals surface area contributed by atoms with Gasteiger partial charge in [0.05, 0.1) is 0 Å². The third-order valence-electron chi connectivity index (χ3n) is 4.39. The number of hydrogen-bond donors (Lipinski definition) is 0. The Kier molecular flexibility index (Phi) is 6.44. The summed E-state index contributed by atoms with van der Waals surface area (Å²) in [6, 6.07) is 8.02. The Morgan fingerprint density at radius 3 is 2.50 bits per heavy atom. The van der Waals surface area contributed by atoms with Gasteiger partial charge in [-0.2, -0.15) is 0 Å². The monoisotopic (exact) mass is 395 g/mol. The van der Waals surface area contributed by atoms with Gasteiger partial charge in [-0.1, -0.05) is 34.1 Å². The van der Waals surface area contributed by atoms with Crippen molar-refractivity contribution in [3.05, 3.63) is 34.3 Å². The molecule has 1 unspecified atom stereocenters. The molecule has 0 spiro atoms. The highest BCUT2D eigenvalue weighted by molar-refractivity contribution is 9.10. The molecule has 24 heavy (non-hydrogen) atoms. The minimum absolute atomic E-state index is 0.00973. The zero-order chi connectivity index (χ0) is 17.7. The third kappa shape index (κ3) is 5.33. The van der Waals surface area contributed by atoms with E-state index in [9.17, 15) is 9.59 Å². The number of amides is 1. The van der Waals surface area contributed by atoms with Crippen LogP contribution in [0.2, 0.25) is 0 Å². The lowest BCUT2D eigenvalue weighted by molar-refractivity contribution is -0.113. The molecule has 1 aliphatic rings. The molecule has 1 heterocycles. The number of ether oxygens (including phenoxy) is 1. The maximum Gasteiger partial charge on any atom is 0.410 e. The summed E-state index contributed by atoms with van der Waals surface area (Å²) in [7, 11) is 0. The normalized spacial score (nSPS) is 17.4. The lowest BCUT2D eigenvalue weighted by atomic mass is 9.81. The van der Waals surface area contributed by atoms with E-state index in [2.05, 4.69) is 22.0 Å². The Morgan fingerprint density at radius 1 is 1.33 bits per heavy atom. The molecule has 0 aromatic heterocycles. The van der Waals surface area contributed by atoms with Gasteiger partial charge in [0.25, 0.3) is 0 Å². The molecule has 5 heteroatoms. The fourth-order valence-electron chi connectivity index (χ4n) is 3.08. The largest absolute Gasteiger partial charge is 0.444 e. The van der Waals surface area contributed by atoms with Gasteiger partial charge in [-0.3, -0.25) is 0 Å². The Balaban J connectivity index is 1.91. The van der Waals surface area contributed by atoms with Crippen LogP contribution in [0.25, 0.3) is 0 Å². The molecule has 1 aromatic rings. The van der Waals surface area contributed by atoms with Crippen molar-refractivity contribution < 1.29 is 14.3 Å². The van der Waals surface area contributed by atoms with Gasteiger partial charge in [0.2, 0.25) is 0 Å². The molecule has 1 fully saturated rings. The first-order chi connectivity index (χ1) is 11.3. The van der Waals surface area contributed by atoms with E-state index in [1.54, 1.807) is 4.90 Å². The van der Waals surface area contributed by atoms with E-state index >= 15 is 0 Å². The van der Waals surface area contributed by atoms with Crippen molar-refractivity contribution >= 4 is 28.3 Å². The van der Waals surface area contributed by atoms with Gasteiger partial charge in [-0.05, 0) is 57.6 Å². The molecule has 1 aliphatic heterocycles. The van der Waals surface area contributed by atoms with Crippen LogP contribution in [0.15, 0.2) is 28.7 Å². The summed E-state index contributed by atoms with van der Waals surface area (Å²) in [4.78, 5) is 25.5. The molecular formula is C19H26BrNO3. The number of benzene rings is 1. The van der Waals surface area contributed by atoms with Crippen LogP contribution in [0.3, 0.4) is 0 Å². The first kappa shape index (κ1) is 19.0. The Hall–Kier alpha value is -1.36. The van der Waals surface area contributed by atoms with E-state index in [-0.39, 0.29) is 12.0 Å². The second kappa shape index (κ2) is 8.15. The number of piperidine rings is 1. The number of carbonyl (C=O) groups is 2. The summed E-state index contributed by atoms with van der Waals surface area (Å²) >= 11 is 3.55. The van der Waals surface area contributed by atoms with Crippen molar-refractivity contribution in [1.82, 2.24) is 4.90 Å². The number of aldehydes is 1. The number of hydrogen-bond acceptors (Lipinski definition) is 3. The summed E-state index contributed by atoms with van der Waals surface area (Å²) in [5.74, 6) is 0.303. The van der Waals surface area contributed by atoms with E-state index in [1.807, 2.05) is 39.0 Å². The molecule has 0 aliphatic carbocycles. The fraction of sp³-hybridized carbons (Fsp3) is 0.579. The van der Waals surface area contributed by atoms with Crippen LogP contribution in [0.4, 0.5) is 4.79 Å². The molecule has 0 radical (unpaired) electrons. The topological polar surface area (TPSA) is 46.6 Å². The lowest BCUT2D eigenvalue weighted by Gasteiger charge is -2.35. The quantitative estimate of drug-likeness (QED) is 0.707. The van der Waals surface area contributed by atoms with Crippen molar-refractivity contribution in [1.29, 1.82) is 0 Å². The van der Waals surface area contributed by atoms with Gasteiger partial charge in [-0.25, -0.2) is 4.79 Å². The second-order valence-corrected chi connectivity index (χ2v) is 8.25. The molecule has 4 nitrogen and oxygen atoms in total. The van der Waals surface area contributed by atoms with Crippen molar-refractivity contribution in [2.24, 2.45) is 11.8 Å². The minimum atomic E-state index is -0.473. The van der Waals surface area contributed by atoms with Crippen molar-refractivity contribution in [2.75, 3.05) is 13.1 Å². The highest BCUT2D eigenvalue weighted by atomic mass is 79.9. The fourth-order valence-corrected chi connectivity index (χ4v) is 3.53. The summed E-state index contributed by atoms with van der Waals surface area (Å²) < 4.78 is 6.47. The van der Waals surface area contributed by atoms with E-state index in [0.717, 1.165) is 35.6 Å². The SMILES string of the molecule is CC(C)(C)OC(=O)N1CCC(C(C=O)Cc2ccccc2Br)CC1. The molecule has 2 rings (SSSR count). The maximum atomic E-state index is 12.1. The molecule has 0 N–H and O–H groups in total. The molecular weight excluding hydrogens is 370 g/mol. The van der Waals surface area contributed by atoms with Gasteiger partial charge in [0.15, 0.2) is 0 Å². The van der Waals surface area contributed by atoms with Crippen LogP contribution in [0.5, 0.6) is 0 Å². The highest BCUT2D eigenvalue weighted by Crippen LogP contribution is 2.29. The van der Waals surface area contributed by atoms with Gasteiger partial charge in [0.1, 0.15) is 11.9 Å². The number of nitrogens with zero attached hydrogens (tertiary/aromatic N) is 1. The van der Waals surface area contributed by atoms with Gasteiger partial charge >= 0.3 is 6.09 Å². The highest BCUT2D eigenvalue weighted by Gasteiger charge is 2.30. The summed E-state index contributed by atoms with van der Waals surface area (Å²) in [6.45, 7) is 6.92. The van der Waals surface area contributed by atoms with E-state index in [0.29, 0.717) is 19.0 Å². The van der Waals surface area contributed by atoms with Crippen LogP contribution in [-0.2, 0) is 16.0 Å². The number of halogens is 1. The molecule has 1 amide bonds. The molecule has 1 aromatic carbocycles. The lowest BCUT2D eigenvalue weighted by Crippen LogP contribution is -2.43. The average Bonchev–Trinajstić information content (AvgIpc) is 2.53. The standard InChI is InChI=1S/C19H26BrNO3/c1-19(2,3)24-18(23)21-10-8-14(9-11-21)16(13-22)12-15-6-4-5-7-17(15)20/h4-7,13-14,16H,8-12H2,1-3H3. The number of likely N-dealkylation sites (tertiary alicyclic amines) is 1. The smallest absolute Gasteiger partial charge is 0.410 e. The van der Waals surface area contributed by atoms with Crippen LogP contribution < -0.4 is 0 Å². The van der Waals surface area contributed by atoms with Crippen LogP contribution in [-0.4, -0.2) is 36.0 Å². The van der Waals surface area contributed by atoms with E-state index in [1.165, 1.54) is 0 Å². The van der Waals surface area contributed by atoms with Crippen LogP contribution in [0.1, 0.15) is 39.2 Å². The van der Waals surface area contributed by atoms with Crippen LogP contribution >= 0.6 is 15.9 Å².